The number of rotatable bonds is 2. The molecule has 2 heterocycles. The Morgan fingerprint density at radius 3 is 2.65 bits per heavy atom. The molecule has 23 heavy (non-hydrogen) atoms. The summed E-state index contributed by atoms with van der Waals surface area (Å²) in [6, 6.07) is 14.8. The van der Waals surface area contributed by atoms with Crippen molar-refractivity contribution >= 4 is 22.1 Å². The predicted molar refractivity (Wildman–Crippen MR) is 97.8 cm³/mol. The third-order valence-corrected chi connectivity index (χ3v) is 4.94. The highest BCUT2D eigenvalue weighted by atomic mass is 32.1. The number of aryl methyl sites for hydroxylation is 2. The molecular weight excluding hydrogens is 300 g/mol. The van der Waals surface area contributed by atoms with Crippen LogP contribution in [0.1, 0.15) is 11.1 Å². The van der Waals surface area contributed by atoms with Crippen molar-refractivity contribution in [3.05, 3.63) is 71.4 Å². The van der Waals surface area contributed by atoms with E-state index < -0.39 is 0 Å². The van der Waals surface area contributed by atoms with E-state index in [1.54, 1.807) is 11.3 Å². The maximum Gasteiger partial charge on any atom is 0.126 e. The zero-order valence-electron chi connectivity index (χ0n) is 13.1. The van der Waals surface area contributed by atoms with Crippen LogP contribution >= 0.6 is 11.3 Å². The van der Waals surface area contributed by atoms with Gasteiger partial charge in [0.05, 0.1) is 5.69 Å². The molecule has 0 aliphatic heterocycles. The van der Waals surface area contributed by atoms with E-state index in [2.05, 4.69) is 60.6 Å². The maximum absolute atomic E-state index is 4.87. The standard InChI is InChI=1S/C20H16N2S/c1-13-7-8-16(14(2)9-13)19-12-23-20(22-19)18-11-21-10-15-5-3-4-6-17(15)18/h3-12H,1-2H3. The minimum absolute atomic E-state index is 1.02. The second kappa shape index (κ2) is 5.60. The lowest BCUT2D eigenvalue weighted by molar-refractivity contribution is 1.32. The van der Waals surface area contributed by atoms with Gasteiger partial charge in [0.2, 0.25) is 0 Å². The van der Waals surface area contributed by atoms with Crippen molar-refractivity contribution in [3.63, 3.8) is 0 Å². The van der Waals surface area contributed by atoms with Gasteiger partial charge in [-0.3, -0.25) is 4.98 Å². The smallest absolute Gasteiger partial charge is 0.126 e. The molecule has 0 fully saturated rings. The molecule has 2 aromatic carbocycles. The highest BCUT2D eigenvalue weighted by molar-refractivity contribution is 7.13. The summed E-state index contributed by atoms with van der Waals surface area (Å²) in [7, 11) is 0. The first-order valence-electron chi connectivity index (χ1n) is 7.58. The van der Waals surface area contributed by atoms with E-state index in [1.807, 2.05) is 18.5 Å². The van der Waals surface area contributed by atoms with E-state index in [9.17, 15) is 0 Å². The van der Waals surface area contributed by atoms with Crippen LogP contribution in [0.2, 0.25) is 0 Å². The van der Waals surface area contributed by atoms with Gasteiger partial charge >= 0.3 is 0 Å². The lowest BCUT2D eigenvalue weighted by Crippen LogP contribution is -1.86. The lowest BCUT2D eigenvalue weighted by atomic mass is 10.0. The summed E-state index contributed by atoms with van der Waals surface area (Å²) >= 11 is 1.67. The summed E-state index contributed by atoms with van der Waals surface area (Å²) in [5.74, 6) is 0. The third-order valence-electron chi connectivity index (χ3n) is 4.06. The minimum atomic E-state index is 1.02. The van der Waals surface area contributed by atoms with Gasteiger partial charge in [-0.2, -0.15) is 0 Å². The third kappa shape index (κ3) is 2.53. The Balaban J connectivity index is 1.84. The van der Waals surface area contributed by atoms with Crippen LogP contribution in [0.3, 0.4) is 0 Å². The second-order valence-corrected chi connectivity index (χ2v) is 6.62. The van der Waals surface area contributed by atoms with Crippen molar-refractivity contribution in [2.45, 2.75) is 13.8 Å². The fraction of sp³-hybridized carbons (Fsp3) is 0.100. The fourth-order valence-electron chi connectivity index (χ4n) is 2.91. The van der Waals surface area contributed by atoms with Crippen molar-refractivity contribution in [1.29, 1.82) is 0 Å². The lowest BCUT2D eigenvalue weighted by Gasteiger charge is -2.04. The van der Waals surface area contributed by atoms with Crippen LogP contribution in [0.5, 0.6) is 0 Å². The largest absolute Gasteiger partial charge is 0.263 e. The zero-order chi connectivity index (χ0) is 15.8. The number of thiazole rings is 1. The Labute approximate surface area is 139 Å². The van der Waals surface area contributed by atoms with Gasteiger partial charge < -0.3 is 0 Å². The van der Waals surface area contributed by atoms with E-state index >= 15 is 0 Å². The number of benzene rings is 2. The van der Waals surface area contributed by atoms with Crippen molar-refractivity contribution in [1.82, 2.24) is 9.97 Å². The predicted octanol–water partition coefficient (Wildman–Crippen LogP) is 5.64. The fourth-order valence-corrected chi connectivity index (χ4v) is 3.75. The van der Waals surface area contributed by atoms with Crippen molar-refractivity contribution < 1.29 is 0 Å². The van der Waals surface area contributed by atoms with Crippen LogP contribution in [0.15, 0.2) is 60.2 Å². The molecule has 3 heteroatoms. The minimum Gasteiger partial charge on any atom is -0.263 e. The number of hydrogen-bond acceptors (Lipinski definition) is 3. The molecule has 0 atom stereocenters. The van der Waals surface area contributed by atoms with Crippen LogP contribution < -0.4 is 0 Å². The number of hydrogen-bond donors (Lipinski definition) is 0. The van der Waals surface area contributed by atoms with E-state index in [0.29, 0.717) is 0 Å². The van der Waals surface area contributed by atoms with Crippen LogP contribution in [0.25, 0.3) is 32.6 Å². The first-order chi connectivity index (χ1) is 11.2. The Kier molecular flexibility index (Phi) is 3.43. The van der Waals surface area contributed by atoms with E-state index in [-0.39, 0.29) is 0 Å². The van der Waals surface area contributed by atoms with Crippen LogP contribution in [0.4, 0.5) is 0 Å². The molecule has 2 nitrogen and oxygen atoms in total. The Morgan fingerprint density at radius 1 is 0.913 bits per heavy atom. The van der Waals surface area contributed by atoms with Gasteiger partial charge in [0.1, 0.15) is 5.01 Å². The molecule has 0 amide bonds. The maximum atomic E-state index is 4.87. The van der Waals surface area contributed by atoms with E-state index in [4.69, 9.17) is 4.98 Å². The molecule has 0 unspecified atom stereocenters. The molecule has 0 saturated carbocycles. The summed E-state index contributed by atoms with van der Waals surface area (Å²) in [5, 5.41) is 5.50. The molecule has 0 aliphatic rings. The number of aromatic nitrogens is 2. The first kappa shape index (κ1) is 14.1. The Bertz CT molecular complexity index is 996. The van der Waals surface area contributed by atoms with Crippen LogP contribution in [0, 0.1) is 13.8 Å². The van der Waals surface area contributed by atoms with Crippen LogP contribution in [-0.2, 0) is 0 Å². The molecule has 0 aliphatic carbocycles. The monoisotopic (exact) mass is 316 g/mol. The summed E-state index contributed by atoms with van der Waals surface area (Å²) in [6.07, 6.45) is 3.81. The highest BCUT2D eigenvalue weighted by Crippen LogP contribution is 2.33. The quantitative estimate of drug-likeness (QED) is 0.478. The van der Waals surface area contributed by atoms with Crippen molar-refractivity contribution in [2.75, 3.05) is 0 Å². The normalized spacial score (nSPS) is 11.0. The Morgan fingerprint density at radius 2 is 1.78 bits per heavy atom. The van der Waals surface area contributed by atoms with Crippen molar-refractivity contribution in [3.8, 4) is 21.8 Å². The molecule has 4 rings (SSSR count). The average molecular weight is 316 g/mol. The molecule has 0 spiro atoms. The molecule has 4 aromatic rings. The average Bonchev–Trinajstić information content (AvgIpc) is 3.04. The summed E-state index contributed by atoms with van der Waals surface area (Å²) in [6.45, 7) is 4.26. The molecule has 0 radical (unpaired) electrons. The topological polar surface area (TPSA) is 25.8 Å². The molecule has 2 aromatic heterocycles. The summed E-state index contributed by atoms with van der Waals surface area (Å²) in [4.78, 5) is 9.24. The zero-order valence-corrected chi connectivity index (χ0v) is 13.9. The van der Waals surface area contributed by atoms with Gasteiger partial charge in [-0.1, -0.05) is 48.0 Å². The molecule has 0 saturated heterocycles. The number of nitrogens with zero attached hydrogens (tertiary/aromatic N) is 2. The van der Waals surface area contributed by atoms with Gasteiger partial charge in [-0.15, -0.1) is 11.3 Å². The van der Waals surface area contributed by atoms with E-state index in [0.717, 1.165) is 21.7 Å². The molecule has 0 bridgehead atoms. The number of pyridine rings is 1. The molecule has 0 N–H and O–H groups in total. The number of fused-ring (bicyclic) bond motifs is 1. The Hall–Kier alpha value is -2.52. The first-order valence-corrected chi connectivity index (χ1v) is 8.46. The van der Waals surface area contributed by atoms with Gasteiger partial charge in [-0.25, -0.2) is 4.98 Å². The molecular formula is C20H16N2S. The highest BCUT2D eigenvalue weighted by Gasteiger charge is 2.11. The van der Waals surface area contributed by atoms with Gasteiger partial charge in [0.15, 0.2) is 0 Å². The SMILES string of the molecule is Cc1ccc(-c2csc(-c3cncc4ccccc34)n2)c(C)c1. The summed E-state index contributed by atoms with van der Waals surface area (Å²) in [5.41, 5.74) is 5.88. The van der Waals surface area contributed by atoms with E-state index in [1.165, 1.54) is 22.1 Å². The van der Waals surface area contributed by atoms with Gasteiger partial charge in [0.25, 0.3) is 0 Å². The van der Waals surface area contributed by atoms with Gasteiger partial charge in [-0.05, 0) is 24.8 Å². The summed E-state index contributed by atoms with van der Waals surface area (Å²) < 4.78 is 0. The van der Waals surface area contributed by atoms with Crippen LogP contribution in [-0.4, -0.2) is 9.97 Å². The second-order valence-electron chi connectivity index (χ2n) is 5.76. The van der Waals surface area contributed by atoms with Crippen molar-refractivity contribution in [2.24, 2.45) is 0 Å². The van der Waals surface area contributed by atoms with Gasteiger partial charge in [0, 0.05) is 34.3 Å². The molecule has 112 valence electrons.